The minimum atomic E-state index is -0.00290. The zero-order valence-electron chi connectivity index (χ0n) is 15.4. The Balaban J connectivity index is 0.00000210. The number of ether oxygens (including phenoxy) is 1. The zero-order valence-corrected chi connectivity index (χ0v) is 17.7. The van der Waals surface area contributed by atoms with E-state index in [2.05, 4.69) is 51.6 Å². The van der Waals surface area contributed by atoms with E-state index in [0.29, 0.717) is 18.6 Å². The van der Waals surface area contributed by atoms with Crippen LogP contribution < -0.4 is 15.8 Å². The van der Waals surface area contributed by atoms with Crippen molar-refractivity contribution in [3.63, 3.8) is 0 Å². The molecule has 6 heteroatoms. The SMILES string of the molecule is I.NC(=NC1COc2ccccc21)NC1CCN(Cc2ccccc2)CC1. The highest BCUT2D eigenvalue weighted by Gasteiger charge is 2.24. The maximum Gasteiger partial charge on any atom is 0.189 e. The van der Waals surface area contributed by atoms with E-state index in [4.69, 9.17) is 10.5 Å². The number of aliphatic imine (C=N–C) groups is 1. The number of piperidine rings is 1. The van der Waals surface area contributed by atoms with Crippen LogP contribution in [0.2, 0.25) is 0 Å². The smallest absolute Gasteiger partial charge is 0.189 e. The van der Waals surface area contributed by atoms with Gasteiger partial charge in [-0.15, -0.1) is 24.0 Å². The Morgan fingerprint density at radius 1 is 1.07 bits per heavy atom. The monoisotopic (exact) mass is 478 g/mol. The highest BCUT2D eigenvalue weighted by molar-refractivity contribution is 14.0. The van der Waals surface area contributed by atoms with Crippen molar-refractivity contribution in [1.29, 1.82) is 0 Å². The van der Waals surface area contributed by atoms with Crippen molar-refractivity contribution in [3.8, 4) is 5.75 Å². The lowest BCUT2D eigenvalue weighted by Gasteiger charge is -2.32. The molecule has 4 rings (SSSR count). The summed E-state index contributed by atoms with van der Waals surface area (Å²) in [6.07, 6.45) is 2.17. The molecule has 1 saturated heterocycles. The molecule has 0 spiro atoms. The van der Waals surface area contributed by atoms with E-state index in [1.807, 2.05) is 18.2 Å². The zero-order chi connectivity index (χ0) is 17.8. The van der Waals surface area contributed by atoms with Gasteiger partial charge >= 0.3 is 0 Å². The number of fused-ring (bicyclic) bond motifs is 1. The van der Waals surface area contributed by atoms with Gasteiger partial charge in [0.1, 0.15) is 18.4 Å². The van der Waals surface area contributed by atoms with E-state index >= 15 is 0 Å². The van der Waals surface area contributed by atoms with Gasteiger partial charge in [-0.3, -0.25) is 4.90 Å². The standard InChI is InChI=1S/C21H26N4O.HI/c22-21(24-19-15-26-20-9-5-4-8-18(19)20)23-17-10-12-25(13-11-17)14-16-6-2-1-3-7-16;/h1-9,17,19H,10-15H2,(H3,22,23,24);1H. The normalized spacial score (nSPS) is 20.4. The number of nitrogens with two attached hydrogens (primary N) is 1. The fourth-order valence-corrected chi connectivity index (χ4v) is 3.74. The van der Waals surface area contributed by atoms with Crippen LogP contribution >= 0.6 is 24.0 Å². The predicted octanol–water partition coefficient (Wildman–Crippen LogP) is 3.31. The van der Waals surface area contributed by atoms with Crippen LogP contribution in [0.5, 0.6) is 5.75 Å². The fourth-order valence-electron chi connectivity index (χ4n) is 3.74. The van der Waals surface area contributed by atoms with Crippen molar-refractivity contribution in [3.05, 3.63) is 65.7 Å². The Morgan fingerprint density at radius 2 is 1.78 bits per heavy atom. The minimum absolute atomic E-state index is 0. The number of likely N-dealkylation sites (tertiary alicyclic amines) is 1. The van der Waals surface area contributed by atoms with Crippen molar-refractivity contribution >= 4 is 29.9 Å². The first-order chi connectivity index (χ1) is 12.8. The fraction of sp³-hybridized carbons (Fsp3) is 0.381. The number of halogens is 1. The average Bonchev–Trinajstić information content (AvgIpc) is 3.07. The highest BCUT2D eigenvalue weighted by Crippen LogP contribution is 2.34. The summed E-state index contributed by atoms with van der Waals surface area (Å²) in [5, 5.41) is 3.41. The molecular weight excluding hydrogens is 451 g/mol. The van der Waals surface area contributed by atoms with E-state index in [9.17, 15) is 0 Å². The maximum absolute atomic E-state index is 6.17. The number of para-hydroxylation sites is 1. The van der Waals surface area contributed by atoms with Gasteiger partial charge in [0.05, 0.1) is 0 Å². The molecule has 1 atom stereocenters. The summed E-state index contributed by atoms with van der Waals surface area (Å²) in [4.78, 5) is 7.14. The number of guanidine groups is 1. The molecule has 0 amide bonds. The van der Waals surface area contributed by atoms with Gasteiger partial charge in [-0.25, -0.2) is 4.99 Å². The predicted molar refractivity (Wildman–Crippen MR) is 120 cm³/mol. The summed E-state index contributed by atoms with van der Waals surface area (Å²) in [7, 11) is 0. The number of hydrogen-bond donors (Lipinski definition) is 2. The van der Waals surface area contributed by atoms with E-state index in [0.717, 1.165) is 43.8 Å². The maximum atomic E-state index is 6.17. The van der Waals surface area contributed by atoms with Crippen LogP contribution in [-0.4, -0.2) is 36.6 Å². The summed E-state index contributed by atoms with van der Waals surface area (Å²) in [6, 6.07) is 19.1. The Labute approximate surface area is 178 Å². The number of rotatable bonds is 4. The largest absolute Gasteiger partial charge is 0.491 e. The second kappa shape index (κ2) is 9.41. The number of benzene rings is 2. The molecule has 5 nitrogen and oxygen atoms in total. The molecule has 0 aromatic heterocycles. The van der Waals surface area contributed by atoms with Crippen LogP contribution in [-0.2, 0) is 6.54 Å². The number of hydrogen-bond acceptors (Lipinski definition) is 3. The van der Waals surface area contributed by atoms with Gasteiger partial charge in [0.15, 0.2) is 5.96 Å². The Hall–Kier alpha value is -1.80. The molecule has 144 valence electrons. The lowest BCUT2D eigenvalue weighted by Crippen LogP contribution is -2.47. The molecule has 2 aromatic rings. The third-order valence-electron chi connectivity index (χ3n) is 5.16. The summed E-state index contributed by atoms with van der Waals surface area (Å²) < 4.78 is 5.68. The molecular formula is C21H27IN4O. The van der Waals surface area contributed by atoms with Crippen molar-refractivity contribution < 1.29 is 4.74 Å². The molecule has 0 aliphatic carbocycles. The van der Waals surface area contributed by atoms with Crippen molar-refractivity contribution in [2.45, 2.75) is 31.5 Å². The van der Waals surface area contributed by atoms with Gasteiger partial charge in [-0.2, -0.15) is 0 Å². The van der Waals surface area contributed by atoms with Crippen LogP contribution in [0.1, 0.15) is 30.0 Å². The Kier molecular flexibility index (Phi) is 6.95. The van der Waals surface area contributed by atoms with E-state index in [-0.39, 0.29) is 30.0 Å². The molecule has 3 N–H and O–H groups in total. The van der Waals surface area contributed by atoms with Crippen LogP contribution in [0.4, 0.5) is 0 Å². The summed E-state index contributed by atoms with van der Waals surface area (Å²) in [5.74, 6) is 1.44. The molecule has 2 aliphatic rings. The van der Waals surface area contributed by atoms with Gasteiger partial charge in [0.2, 0.25) is 0 Å². The first-order valence-corrected chi connectivity index (χ1v) is 9.36. The molecule has 2 heterocycles. The third kappa shape index (κ3) is 5.13. The van der Waals surface area contributed by atoms with Crippen molar-refractivity contribution in [1.82, 2.24) is 10.2 Å². The van der Waals surface area contributed by atoms with Gasteiger partial charge in [0.25, 0.3) is 0 Å². The lowest BCUT2D eigenvalue weighted by atomic mass is 10.0. The van der Waals surface area contributed by atoms with Crippen molar-refractivity contribution in [2.24, 2.45) is 10.7 Å². The molecule has 2 aromatic carbocycles. The molecule has 0 bridgehead atoms. The molecule has 1 fully saturated rings. The molecule has 27 heavy (non-hydrogen) atoms. The van der Waals surface area contributed by atoms with Gasteiger partial charge in [-0.05, 0) is 24.5 Å². The summed E-state index contributed by atoms with van der Waals surface area (Å²) >= 11 is 0. The topological polar surface area (TPSA) is 62.9 Å². The summed E-state index contributed by atoms with van der Waals surface area (Å²) in [5.41, 5.74) is 8.66. The Morgan fingerprint density at radius 3 is 2.56 bits per heavy atom. The first-order valence-electron chi connectivity index (χ1n) is 9.36. The van der Waals surface area contributed by atoms with E-state index < -0.39 is 0 Å². The quantitative estimate of drug-likeness (QED) is 0.402. The number of nitrogens with one attached hydrogen (secondary N) is 1. The van der Waals surface area contributed by atoms with Gasteiger partial charge in [-0.1, -0.05) is 48.5 Å². The van der Waals surface area contributed by atoms with Gasteiger partial charge < -0.3 is 15.8 Å². The second-order valence-electron chi connectivity index (χ2n) is 7.06. The van der Waals surface area contributed by atoms with Gasteiger partial charge in [0, 0.05) is 31.2 Å². The van der Waals surface area contributed by atoms with Crippen LogP contribution in [0.3, 0.4) is 0 Å². The second-order valence-corrected chi connectivity index (χ2v) is 7.06. The highest BCUT2D eigenvalue weighted by atomic mass is 127. The lowest BCUT2D eigenvalue weighted by molar-refractivity contribution is 0.198. The van der Waals surface area contributed by atoms with E-state index in [1.165, 1.54) is 5.56 Å². The minimum Gasteiger partial charge on any atom is -0.491 e. The first kappa shape index (κ1) is 19.9. The average molecular weight is 478 g/mol. The molecule has 2 aliphatic heterocycles. The molecule has 0 saturated carbocycles. The summed E-state index contributed by atoms with van der Waals surface area (Å²) in [6.45, 7) is 3.75. The molecule has 0 radical (unpaired) electrons. The van der Waals surface area contributed by atoms with Crippen LogP contribution in [0.25, 0.3) is 0 Å². The molecule has 1 unspecified atom stereocenters. The van der Waals surface area contributed by atoms with Crippen LogP contribution in [0, 0.1) is 0 Å². The Bertz CT molecular complexity index is 760. The van der Waals surface area contributed by atoms with E-state index in [1.54, 1.807) is 0 Å². The number of nitrogens with zero attached hydrogens (tertiary/aromatic N) is 2. The van der Waals surface area contributed by atoms with Crippen molar-refractivity contribution in [2.75, 3.05) is 19.7 Å². The van der Waals surface area contributed by atoms with Crippen LogP contribution in [0.15, 0.2) is 59.6 Å². The third-order valence-corrected chi connectivity index (χ3v) is 5.16.